The summed E-state index contributed by atoms with van der Waals surface area (Å²) in [4.78, 5) is 0. The fourth-order valence-corrected chi connectivity index (χ4v) is 2.39. The molecule has 0 saturated carbocycles. The van der Waals surface area contributed by atoms with Gasteiger partial charge in [-0.2, -0.15) is 0 Å². The van der Waals surface area contributed by atoms with Crippen molar-refractivity contribution in [1.29, 1.82) is 0 Å². The molecule has 1 aromatic carbocycles. The molecule has 1 aliphatic rings. The van der Waals surface area contributed by atoms with Crippen LogP contribution in [0.4, 0.5) is 0 Å². The number of rotatable bonds is 3. The molecule has 0 bridgehead atoms. The second-order valence-electron chi connectivity index (χ2n) is 10.1. The third-order valence-electron chi connectivity index (χ3n) is 5.28. The van der Waals surface area contributed by atoms with Crippen LogP contribution in [0.2, 0.25) is 0 Å². The minimum Gasteiger partial charge on any atom is -0.100 e. The number of aryl methyl sites for hydroxylation is 1. The Bertz CT molecular complexity index is 734. The van der Waals surface area contributed by atoms with Crippen molar-refractivity contribution in [3.8, 4) is 0 Å². The Balaban J connectivity index is -0.000000393. The first-order valence-electron chi connectivity index (χ1n) is 13.2. The summed E-state index contributed by atoms with van der Waals surface area (Å²) < 4.78 is 0. The van der Waals surface area contributed by atoms with Crippen molar-refractivity contribution in [1.82, 2.24) is 0 Å². The maximum Gasteiger partial charge on any atom is -0.00942 e. The van der Waals surface area contributed by atoms with Crippen LogP contribution in [0, 0.1) is 12.8 Å². The molecular weight excluding hydrogens is 408 g/mol. The van der Waals surface area contributed by atoms with Gasteiger partial charge in [0.2, 0.25) is 0 Å². The van der Waals surface area contributed by atoms with Crippen molar-refractivity contribution in [3.05, 3.63) is 95.1 Å². The van der Waals surface area contributed by atoms with Gasteiger partial charge >= 0.3 is 0 Å². The van der Waals surface area contributed by atoms with E-state index in [2.05, 4.69) is 124 Å². The molecule has 1 aliphatic carbocycles. The number of hydrogen-bond donors (Lipinski definition) is 0. The molecule has 2 rings (SSSR count). The van der Waals surface area contributed by atoms with Crippen LogP contribution in [0.3, 0.4) is 0 Å². The van der Waals surface area contributed by atoms with Crippen LogP contribution >= 0.6 is 0 Å². The van der Waals surface area contributed by atoms with Crippen molar-refractivity contribution in [2.45, 2.75) is 115 Å². The van der Waals surface area contributed by atoms with Crippen molar-refractivity contribution in [2.24, 2.45) is 5.92 Å². The van der Waals surface area contributed by atoms with Gasteiger partial charge in [-0.3, -0.25) is 0 Å². The van der Waals surface area contributed by atoms with Gasteiger partial charge in [-0.1, -0.05) is 140 Å². The van der Waals surface area contributed by atoms with E-state index in [9.17, 15) is 0 Å². The van der Waals surface area contributed by atoms with Gasteiger partial charge in [-0.15, -0.1) is 6.58 Å². The molecule has 1 aromatic rings. The molecule has 0 N–H and O–H groups in total. The lowest BCUT2D eigenvalue weighted by atomic mass is 9.87. The summed E-state index contributed by atoms with van der Waals surface area (Å²) in [5.41, 5.74) is 8.06. The Morgan fingerprint density at radius 3 is 1.68 bits per heavy atom. The van der Waals surface area contributed by atoms with Crippen molar-refractivity contribution >= 4 is 0 Å². The Morgan fingerprint density at radius 2 is 1.41 bits per heavy atom. The second kappa shape index (κ2) is 21.5. The van der Waals surface area contributed by atoms with Crippen LogP contribution in [0.25, 0.3) is 0 Å². The van der Waals surface area contributed by atoms with Crippen molar-refractivity contribution in [3.63, 3.8) is 0 Å². The smallest absolute Gasteiger partial charge is 0.00942 e. The van der Waals surface area contributed by atoms with E-state index >= 15 is 0 Å². The van der Waals surface area contributed by atoms with Gasteiger partial charge in [0, 0.05) is 0 Å². The third-order valence-corrected chi connectivity index (χ3v) is 5.28. The van der Waals surface area contributed by atoms with Gasteiger partial charge in [0.05, 0.1) is 0 Å². The molecule has 0 saturated heterocycles. The van der Waals surface area contributed by atoms with E-state index in [1.807, 2.05) is 27.7 Å². The highest BCUT2D eigenvalue weighted by Gasteiger charge is 2.11. The monoisotopic (exact) mass is 466 g/mol. The van der Waals surface area contributed by atoms with E-state index in [1.165, 1.54) is 46.3 Å². The number of benzene rings is 1. The summed E-state index contributed by atoms with van der Waals surface area (Å²) in [6, 6.07) is 8.74. The van der Waals surface area contributed by atoms with Gasteiger partial charge in [0.1, 0.15) is 0 Å². The molecule has 0 atom stereocenters. The first kappa shape index (κ1) is 36.5. The second-order valence-corrected chi connectivity index (χ2v) is 10.1. The average molecular weight is 467 g/mol. The highest BCUT2D eigenvalue weighted by Crippen LogP contribution is 2.22. The van der Waals surface area contributed by atoms with Gasteiger partial charge in [0.25, 0.3) is 0 Å². The Kier molecular flexibility index (Phi) is 23.0. The molecule has 34 heavy (non-hydrogen) atoms. The standard InChI is InChI=1S/C11H16.C11H14.C6H14.C4H8.C2H6/c1-9-5-7-10(8-6-9)11(2,3)4;1-4-10(3)11-7-5-9(2)6-8-11;1-4-6(3)5-2;1-4(2)3;1-2/h5-8H,1-4H3;4-5,7-8H,2,6H2,1,3H3;6H,4-5H2,1-3H3;1H2,2-3H3;1-2H3/b;10-4+;;;. The van der Waals surface area contributed by atoms with Crippen LogP contribution in [0.5, 0.6) is 0 Å². The molecule has 0 aliphatic heterocycles. The highest BCUT2D eigenvalue weighted by molar-refractivity contribution is 5.44. The van der Waals surface area contributed by atoms with Crippen LogP contribution in [0.1, 0.15) is 113 Å². The van der Waals surface area contributed by atoms with Gasteiger partial charge < -0.3 is 0 Å². The normalized spacial score (nSPS) is 12.5. The molecule has 0 radical (unpaired) electrons. The minimum absolute atomic E-state index is 0.285. The molecule has 194 valence electrons. The minimum atomic E-state index is 0.285. The SMILES string of the molecule is C=C(C)C.C=C1C=CC(/C(C)=C/C)=CC1.CC.CCC(C)CC.Cc1ccc(C(C)(C)C)cc1. The van der Waals surface area contributed by atoms with Crippen LogP contribution in [0.15, 0.2) is 84.0 Å². The molecule has 0 unspecified atom stereocenters. The maximum absolute atomic E-state index is 3.88. The highest BCUT2D eigenvalue weighted by atomic mass is 14.2. The predicted octanol–water partition coefficient (Wildman–Crippen LogP) is 11.7. The Labute approximate surface area is 215 Å². The fraction of sp³-hybridized carbons (Fsp3) is 0.529. The summed E-state index contributed by atoms with van der Waals surface area (Å²) in [5.74, 6) is 0.935. The predicted molar refractivity (Wildman–Crippen MR) is 162 cm³/mol. The molecule has 0 heterocycles. The van der Waals surface area contributed by atoms with Crippen molar-refractivity contribution in [2.75, 3.05) is 0 Å². The third kappa shape index (κ3) is 21.7. The summed E-state index contributed by atoms with van der Waals surface area (Å²) in [6.07, 6.45) is 12.2. The lowest BCUT2D eigenvalue weighted by molar-refractivity contribution is 0.544. The number of hydrogen-bond acceptors (Lipinski definition) is 0. The van der Waals surface area contributed by atoms with E-state index < -0.39 is 0 Å². The maximum atomic E-state index is 3.88. The lowest BCUT2D eigenvalue weighted by Gasteiger charge is -2.18. The first-order valence-corrected chi connectivity index (χ1v) is 13.2. The van der Waals surface area contributed by atoms with Gasteiger partial charge in [-0.25, -0.2) is 0 Å². The summed E-state index contributed by atoms with van der Waals surface area (Å²) in [7, 11) is 0. The topological polar surface area (TPSA) is 0 Å². The average Bonchev–Trinajstić information content (AvgIpc) is 2.80. The molecule has 0 spiro atoms. The largest absolute Gasteiger partial charge is 0.100 e. The molecule has 0 fully saturated rings. The first-order chi connectivity index (χ1) is 15.8. The zero-order valence-corrected chi connectivity index (χ0v) is 25.2. The molecular formula is C34H58. The number of allylic oxidation sites excluding steroid dienone is 8. The van der Waals surface area contributed by atoms with E-state index in [4.69, 9.17) is 0 Å². The van der Waals surface area contributed by atoms with E-state index in [0.717, 1.165) is 12.3 Å². The zero-order chi connectivity index (χ0) is 27.3. The summed E-state index contributed by atoms with van der Waals surface area (Å²) in [6.45, 7) is 35.1. The lowest BCUT2D eigenvalue weighted by Crippen LogP contribution is -2.10. The van der Waals surface area contributed by atoms with Gasteiger partial charge in [0.15, 0.2) is 0 Å². The fourth-order valence-electron chi connectivity index (χ4n) is 2.39. The molecule has 0 amide bonds. The molecule has 0 nitrogen and oxygen atoms in total. The quantitative estimate of drug-likeness (QED) is 0.388. The van der Waals surface area contributed by atoms with E-state index in [1.54, 1.807) is 0 Å². The van der Waals surface area contributed by atoms with Crippen molar-refractivity contribution < 1.29 is 0 Å². The Morgan fingerprint density at radius 1 is 0.971 bits per heavy atom. The Hall–Kier alpha value is -2.08. The van der Waals surface area contributed by atoms with Crippen LogP contribution in [-0.2, 0) is 5.41 Å². The van der Waals surface area contributed by atoms with E-state index in [0.29, 0.717) is 0 Å². The zero-order valence-electron chi connectivity index (χ0n) is 25.2. The van der Waals surface area contributed by atoms with E-state index in [-0.39, 0.29) is 5.41 Å². The summed E-state index contributed by atoms with van der Waals surface area (Å²) in [5, 5.41) is 0. The molecule has 0 heteroatoms. The summed E-state index contributed by atoms with van der Waals surface area (Å²) >= 11 is 0. The molecule has 0 aromatic heterocycles. The van der Waals surface area contributed by atoms with Crippen LogP contribution < -0.4 is 0 Å². The van der Waals surface area contributed by atoms with Gasteiger partial charge in [-0.05, 0) is 69.1 Å². The van der Waals surface area contributed by atoms with Crippen LogP contribution in [-0.4, -0.2) is 0 Å².